The molecule has 0 aliphatic heterocycles. The van der Waals surface area contributed by atoms with Gasteiger partial charge in [0.2, 0.25) is 0 Å². The maximum absolute atomic E-state index is 13.3. The van der Waals surface area contributed by atoms with Crippen LogP contribution >= 0.6 is 0 Å². The molecule has 0 aromatic carbocycles. The van der Waals surface area contributed by atoms with Crippen molar-refractivity contribution in [3.8, 4) is 0 Å². The molecule has 3 rings (SSSR count). The average molecular weight is 1260 g/mol. The maximum atomic E-state index is 13.3. The van der Waals surface area contributed by atoms with Crippen LogP contribution in [0.1, 0.15) is 147 Å². The van der Waals surface area contributed by atoms with Gasteiger partial charge in [0.15, 0.2) is 5.60 Å². The first-order valence-corrected chi connectivity index (χ1v) is 24.8. The largest absolute Gasteiger partial charge is 0.469 e. The molecule has 5 atom stereocenters. The van der Waals surface area contributed by atoms with E-state index in [-0.39, 0.29) is 36.1 Å². The van der Waals surface area contributed by atoms with Gasteiger partial charge in [-0.1, -0.05) is 27.2 Å². The molecule has 488 valence electrons. The van der Waals surface area contributed by atoms with Gasteiger partial charge in [-0.05, 0) is 137 Å². The lowest BCUT2D eigenvalue weighted by atomic mass is 9.65. The molecule has 0 saturated heterocycles. The summed E-state index contributed by atoms with van der Waals surface area (Å²) < 4.78 is 325. The first-order valence-electron chi connectivity index (χ1n) is 24.8. The fraction of sp³-hybridized carbons (Fsp3) is 0.938. The third kappa shape index (κ3) is 16.8. The quantitative estimate of drug-likeness (QED) is 0.0794. The van der Waals surface area contributed by atoms with E-state index < -0.39 is 150 Å². The Morgan fingerprint density at radius 2 is 0.756 bits per heavy atom. The minimum absolute atomic E-state index is 0.0184. The number of carbonyl (C=O) groups is 3. The topological polar surface area (TPSA) is 160 Å². The summed E-state index contributed by atoms with van der Waals surface area (Å²) in [6, 6.07) is 0. The van der Waals surface area contributed by atoms with E-state index in [9.17, 15) is 135 Å². The summed E-state index contributed by atoms with van der Waals surface area (Å²) >= 11 is 0. The van der Waals surface area contributed by atoms with Gasteiger partial charge in [-0.15, -0.1) is 0 Å². The summed E-state index contributed by atoms with van der Waals surface area (Å²) in [5, 5.41) is 37.6. The molecule has 0 aromatic heterocycles. The van der Waals surface area contributed by atoms with E-state index in [0.29, 0.717) is 33.1 Å². The second-order valence-electron chi connectivity index (χ2n) is 23.0. The summed E-state index contributed by atoms with van der Waals surface area (Å²) in [5.74, 6) is -9.97. The standard InChI is InChI=1S/C18H22F12O4.C12H18F6O3.C11H14F6O.C7H14O2/c1-4-12(2,3)11(31)34-10-6-8(13(32,15(19,20)21)16(22,23)24)5-9(7-10)14(33,17(25,26)27)18(28,29)30;1-6-8(2,3)7(19)21-9(4,5)10(20,11(13,14)15)12(16,17)18;12-10(13,14)9(18,11(15,16)17)5-8-4-6-1-2-7(8)3-6;1-5-7(2,3)6(8)9-4/h8-10,32-33H,4-7H2,1-3H3;20H,6H2,1-5H3;6-8,18H,1-5H2;5H2,1-4H3. The molecule has 10 nitrogen and oxygen atoms in total. The Morgan fingerprint density at radius 1 is 0.427 bits per heavy atom. The minimum Gasteiger partial charge on any atom is -0.469 e. The Morgan fingerprint density at radius 3 is 1.00 bits per heavy atom. The van der Waals surface area contributed by atoms with Crippen LogP contribution in [0.4, 0.5) is 105 Å². The van der Waals surface area contributed by atoms with Gasteiger partial charge in [0, 0.05) is 11.8 Å². The molecule has 0 radical (unpaired) electrons. The molecule has 3 aliphatic carbocycles. The number of rotatable bonds is 13. The van der Waals surface area contributed by atoms with Crippen LogP contribution in [-0.4, -0.2) is 129 Å². The number of methoxy groups -OCH3 is 1. The molecule has 4 N–H and O–H groups in total. The Bertz CT molecular complexity index is 2000. The number of alkyl halides is 24. The fourth-order valence-electron chi connectivity index (χ4n) is 9.00. The van der Waals surface area contributed by atoms with Crippen LogP contribution in [0.5, 0.6) is 0 Å². The van der Waals surface area contributed by atoms with Gasteiger partial charge in [0.1, 0.15) is 6.10 Å². The summed E-state index contributed by atoms with van der Waals surface area (Å²) in [7, 11) is 1.42. The van der Waals surface area contributed by atoms with Crippen molar-refractivity contribution in [2.24, 2.45) is 45.8 Å². The van der Waals surface area contributed by atoms with Crippen molar-refractivity contribution >= 4 is 17.9 Å². The number of halogens is 24. The molecule has 0 heterocycles. The lowest BCUT2D eigenvalue weighted by molar-refractivity contribution is -0.408. The molecule has 5 unspecified atom stereocenters. The van der Waals surface area contributed by atoms with Crippen LogP contribution < -0.4 is 0 Å². The van der Waals surface area contributed by atoms with E-state index in [2.05, 4.69) is 9.47 Å². The third-order valence-electron chi connectivity index (χ3n) is 15.8. The summed E-state index contributed by atoms with van der Waals surface area (Å²) in [4.78, 5) is 34.8. The second-order valence-corrected chi connectivity index (χ2v) is 23.0. The van der Waals surface area contributed by atoms with Gasteiger partial charge in [0.05, 0.1) is 23.4 Å². The van der Waals surface area contributed by atoms with Gasteiger partial charge in [-0.2, -0.15) is 105 Å². The van der Waals surface area contributed by atoms with Crippen molar-refractivity contribution < 1.29 is 154 Å². The number of esters is 3. The fourth-order valence-corrected chi connectivity index (χ4v) is 9.00. The number of carbonyl (C=O) groups excluding carboxylic acids is 3. The van der Waals surface area contributed by atoms with E-state index in [1.54, 1.807) is 0 Å². The Hall–Kier alpha value is -3.43. The molecular formula is C48H68F24O10. The Balaban J connectivity index is 0.00000117. The van der Waals surface area contributed by atoms with E-state index in [1.807, 2.05) is 20.8 Å². The van der Waals surface area contributed by atoms with E-state index in [1.165, 1.54) is 48.7 Å². The first kappa shape index (κ1) is 78.6. The van der Waals surface area contributed by atoms with Crippen molar-refractivity contribution in [1.29, 1.82) is 0 Å². The zero-order chi connectivity index (χ0) is 66.1. The zero-order valence-corrected chi connectivity index (χ0v) is 46.1. The normalized spacial score (nSPS) is 22.4. The molecule has 0 amide bonds. The van der Waals surface area contributed by atoms with E-state index in [4.69, 9.17) is 9.84 Å². The molecule has 3 aliphatic rings. The van der Waals surface area contributed by atoms with Crippen LogP contribution in [0.25, 0.3) is 0 Å². The van der Waals surface area contributed by atoms with Gasteiger partial charge in [-0.25, -0.2) is 0 Å². The SMILES string of the molecule is CCC(C)(C)C(=O)OC.CCC(C)(C)C(=O)OC(C)(C)C(O)(C(F)(F)F)C(F)(F)F.CCC(C)(C)C(=O)OC1CC(C(O)(C(F)(F)F)C(F)(F)F)CC(C(O)(C(F)(F)F)C(F)(F)F)C1.OC(CC1CC2CCC1C2)(C(F)(F)F)C(F)(F)F. The highest BCUT2D eigenvalue weighted by atomic mass is 19.4. The number of ether oxygens (including phenoxy) is 3. The summed E-state index contributed by atoms with van der Waals surface area (Å²) in [6.07, 6.45) is -55.1. The van der Waals surface area contributed by atoms with Crippen molar-refractivity contribution in [2.75, 3.05) is 7.11 Å². The molecular weight excluding hydrogens is 1190 g/mol. The van der Waals surface area contributed by atoms with Gasteiger partial charge >= 0.3 is 67.3 Å². The number of aliphatic hydroxyl groups is 4. The monoisotopic (exact) mass is 1260 g/mol. The molecule has 2 bridgehead atoms. The van der Waals surface area contributed by atoms with Crippen molar-refractivity contribution in [3.63, 3.8) is 0 Å². The van der Waals surface area contributed by atoms with Crippen molar-refractivity contribution in [3.05, 3.63) is 0 Å². The highest BCUT2D eigenvalue weighted by Crippen LogP contribution is 2.59. The van der Waals surface area contributed by atoms with E-state index >= 15 is 0 Å². The van der Waals surface area contributed by atoms with Crippen molar-refractivity contribution in [2.45, 2.75) is 230 Å². The lowest BCUT2D eigenvalue weighted by Gasteiger charge is -2.48. The van der Waals surface area contributed by atoms with Crippen LogP contribution in [-0.2, 0) is 28.6 Å². The number of hydrogen-bond donors (Lipinski definition) is 4. The Labute approximate surface area is 455 Å². The van der Waals surface area contributed by atoms with E-state index in [0.717, 1.165) is 12.8 Å². The summed E-state index contributed by atoms with van der Waals surface area (Å²) in [6.45, 7) is 14.4. The van der Waals surface area contributed by atoms with Gasteiger partial charge in [-0.3, -0.25) is 14.4 Å². The minimum atomic E-state index is -6.58. The van der Waals surface area contributed by atoms with Gasteiger partial charge < -0.3 is 34.6 Å². The van der Waals surface area contributed by atoms with Gasteiger partial charge in [0.25, 0.3) is 22.4 Å². The number of fused-ring (bicyclic) bond motifs is 2. The maximum Gasteiger partial charge on any atom is 0.430 e. The smallest absolute Gasteiger partial charge is 0.430 e. The Kier molecular flexibility index (Phi) is 24.4. The van der Waals surface area contributed by atoms with Crippen LogP contribution in [0.3, 0.4) is 0 Å². The second kappa shape index (κ2) is 25.5. The molecule has 3 saturated carbocycles. The average Bonchev–Trinajstić information content (AvgIpc) is 3.91. The first-order chi connectivity index (χ1) is 35.8. The predicted octanol–water partition coefficient (Wildman–Crippen LogP) is 14.3. The lowest BCUT2D eigenvalue weighted by Crippen LogP contribution is -2.70. The number of hydrogen-bond acceptors (Lipinski definition) is 10. The summed E-state index contributed by atoms with van der Waals surface area (Å²) in [5.41, 5.74) is -27.5. The van der Waals surface area contributed by atoms with Crippen LogP contribution in [0.15, 0.2) is 0 Å². The van der Waals surface area contributed by atoms with Crippen LogP contribution in [0, 0.1) is 45.8 Å². The van der Waals surface area contributed by atoms with Crippen LogP contribution in [0.2, 0.25) is 0 Å². The molecule has 34 heteroatoms. The highest BCUT2D eigenvalue weighted by molar-refractivity contribution is 5.77. The third-order valence-corrected chi connectivity index (χ3v) is 15.8. The molecule has 3 fully saturated rings. The molecule has 0 spiro atoms. The van der Waals surface area contributed by atoms with Crippen molar-refractivity contribution in [1.82, 2.24) is 0 Å². The molecule has 0 aromatic rings. The molecule has 82 heavy (non-hydrogen) atoms. The highest BCUT2D eigenvalue weighted by Gasteiger charge is 2.80. The predicted molar refractivity (Wildman–Crippen MR) is 237 cm³/mol. The zero-order valence-electron chi connectivity index (χ0n) is 46.1.